The summed E-state index contributed by atoms with van der Waals surface area (Å²) in [5.74, 6) is 0.789. The maximum absolute atomic E-state index is 12.4. The van der Waals surface area contributed by atoms with Gasteiger partial charge in [0.15, 0.2) is 0 Å². The Balaban J connectivity index is 2.06. The summed E-state index contributed by atoms with van der Waals surface area (Å²) in [6, 6.07) is 3.81. The van der Waals surface area contributed by atoms with Gasteiger partial charge in [0.05, 0.1) is 23.0 Å². The van der Waals surface area contributed by atoms with Crippen molar-refractivity contribution in [1.29, 1.82) is 0 Å². The number of amides is 1. The molecule has 0 radical (unpaired) electrons. The van der Waals surface area contributed by atoms with Crippen molar-refractivity contribution in [1.82, 2.24) is 10.1 Å². The van der Waals surface area contributed by atoms with Gasteiger partial charge in [-0.3, -0.25) is 4.79 Å². The van der Waals surface area contributed by atoms with E-state index in [4.69, 9.17) is 16.1 Å². The van der Waals surface area contributed by atoms with E-state index in [-0.39, 0.29) is 5.91 Å². The van der Waals surface area contributed by atoms with Crippen LogP contribution in [0, 0.1) is 13.8 Å². The van der Waals surface area contributed by atoms with E-state index in [0.29, 0.717) is 25.3 Å². The van der Waals surface area contributed by atoms with Gasteiger partial charge in [0.2, 0.25) is 5.91 Å². The number of rotatable bonds is 5. The Labute approximate surface area is 127 Å². The number of halogens is 1. The molecule has 0 aliphatic carbocycles. The molecule has 20 heavy (non-hydrogen) atoms. The molecule has 0 aliphatic heterocycles. The van der Waals surface area contributed by atoms with Crippen LogP contribution < -0.4 is 0 Å². The number of likely N-dealkylation sites (N-methyl/N-ethyl adjacent to an activating group) is 1. The summed E-state index contributed by atoms with van der Waals surface area (Å²) < 4.78 is 5.84. The van der Waals surface area contributed by atoms with Gasteiger partial charge in [0.1, 0.15) is 5.76 Å². The van der Waals surface area contributed by atoms with Crippen molar-refractivity contribution in [2.24, 2.45) is 0 Å². The molecule has 0 saturated heterocycles. The Kier molecular flexibility index (Phi) is 4.83. The average Bonchev–Trinajstić information content (AvgIpc) is 2.96. The standard InChI is InChI=1S/C14H17ClN2O2S/c1-4-17(8-11-5-6-13(15)20-11)14(18)7-12-9(2)16-19-10(12)3/h5-6H,4,7-8H2,1-3H3. The van der Waals surface area contributed by atoms with Gasteiger partial charge in [0.25, 0.3) is 0 Å². The Morgan fingerprint density at radius 1 is 1.45 bits per heavy atom. The van der Waals surface area contributed by atoms with Crippen molar-refractivity contribution >= 4 is 28.8 Å². The third-order valence-corrected chi connectivity index (χ3v) is 4.44. The minimum absolute atomic E-state index is 0.0754. The molecule has 0 N–H and O–H groups in total. The summed E-state index contributed by atoms with van der Waals surface area (Å²) in [6.07, 6.45) is 0.327. The first kappa shape index (κ1) is 15.1. The summed E-state index contributed by atoms with van der Waals surface area (Å²) in [6.45, 7) is 6.92. The highest BCUT2D eigenvalue weighted by molar-refractivity contribution is 7.16. The van der Waals surface area contributed by atoms with Crippen molar-refractivity contribution in [2.75, 3.05) is 6.54 Å². The average molecular weight is 313 g/mol. The van der Waals surface area contributed by atoms with E-state index in [9.17, 15) is 4.79 Å². The van der Waals surface area contributed by atoms with E-state index < -0.39 is 0 Å². The molecule has 0 spiro atoms. The number of aromatic nitrogens is 1. The lowest BCUT2D eigenvalue weighted by atomic mass is 10.1. The van der Waals surface area contributed by atoms with Crippen LogP contribution in [-0.2, 0) is 17.8 Å². The van der Waals surface area contributed by atoms with Crippen molar-refractivity contribution in [3.63, 3.8) is 0 Å². The zero-order valence-corrected chi connectivity index (χ0v) is 13.3. The number of carbonyl (C=O) groups is 1. The Bertz CT molecular complexity index is 587. The van der Waals surface area contributed by atoms with Crippen LogP contribution in [0.15, 0.2) is 16.7 Å². The molecule has 0 saturated carbocycles. The highest BCUT2D eigenvalue weighted by Crippen LogP contribution is 2.23. The quantitative estimate of drug-likeness (QED) is 0.847. The Hall–Kier alpha value is -1.33. The molecule has 0 bridgehead atoms. The fourth-order valence-corrected chi connectivity index (χ4v) is 3.12. The molecule has 6 heteroatoms. The molecule has 1 amide bonds. The second-order valence-corrected chi connectivity index (χ2v) is 6.39. The van der Waals surface area contributed by atoms with E-state index >= 15 is 0 Å². The van der Waals surface area contributed by atoms with Gasteiger partial charge in [-0.2, -0.15) is 0 Å². The van der Waals surface area contributed by atoms with Gasteiger partial charge in [-0.15, -0.1) is 11.3 Å². The van der Waals surface area contributed by atoms with Gasteiger partial charge in [-0.25, -0.2) is 0 Å². The van der Waals surface area contributed by atoms with Crippen molar-refractivity contribution < 1.29 is 9.32 Å². The predicted octanol–water partition coefficient (Wildman–Crippen LogP) is 3.60. The van der Waals surface area contributed by atoms with Crippen LogP contribution in [0.4, 0.5) is 0 Å². The zero-order chi connectivity index (χ0) is 14.7. The van der Waals surface area contributed by atoms with Crippen LogP contribution in [0.25, 0.3) is 0 Å². The van der Waals surface area contributed by atoms with E-state index in [1.54, 1.807) is 0 Å². The summed E-state index contributed by atoms with van der Waals surface area (Å²) in [4.78, 5) is 15.3. The van der Waals surface area contributed by atoms with Crippen LogP contribution in [0.1, 0.15) is 28.8 Å². The van der Waals surface area contributed by atoms with E-state index in [1.807, 2.05) is 37.8 Å². The molecule has 2 rings (SSSR count). The fraction of sp³-hybridized carbons (Fsp3) is 0.429. The molecular weight excluding hydrogens is 296 g/mol. The normalized spacial score (nSPS) is 10.8. The lowest BCUT2D eigenvalue weighted by molar-refractivity contribution is -0.130. The number of hydrogen-bond donors (Lipinski definition) is 0. The molecule has 2 aromatic rings. The predicted molar refractivity (Wildman–Crippen MR) is 80.1 cm³/mol. The molecular formula is C14H17ClN2O2S. The van der Waals surface area contributed by atoms with Gasteiger partial charge >= 0.3 is 0 Å². The van der Waals surface area contributed by atoms with E-state index in [1.165, 1.54) is 11.3 Å². The van der Waals surface area contributed by atoms with Crippen molar-refractivity contribution in [3.8, 4) is 0 Å². The minimum Gasteiger partial charge on any atom is -0.361 e. The van der Waals surface area contributed by atoms with E-state index in [0.717, 1.165) is 20.5 Å². The molecule has 108 valence electrons. The molecule has 4 nitrogen and oxygen atoms in total. The maximum atomic E-state index is 12.4. The number of aryl methyl sites for hydroxylation is 2. The first-order chi connectivity index (χ1) is 9.51. The molecule has 0 unspecified atom stereocenters. The lowest BCUT2D eigenvalue weighted by Crippen LogP contribution is -2.31. The van der Waals surface area contributed by atoms with Crippen LogP contribution in [0.2, 0.25) is 4.34 Å². The molecule has 0 atom stereocenters. The topological polar surface area (TPSA) is 46.3 Å². The molecule has 0 aliphatic rings. The van der Waals surface area contributed by atoms with Crippen LogP contribution in [0.3, 0.4) is 0 Å². The molecule has 0 fully saturated rings. The van der Waals surface area contributed by atoms with Gasteiger partial charge in [-0.1, -0.05) is 16.8 Å². The smallest absolute Gasteiger partial charge is 0.227 e. The van der Waals surface area contributed by atoms with Crippen molar-refractivity contribution in [2.45, 2.75) is 33.7 Å². The number of thiophene rings is 1. The highest BCUT2D eigenvalue weighted by Gasteiger charge is 2.18. The Morgan fingerprint density at radius 2 is 2.20 bits per heavy atom. The third-order valence-electron chi connectivity index (χ3n) is 3.22. The van der Waals surface area contributed by atoms with Gasteiger partial charge < -0.3 is 9.42 Å². The number of hydrogen-bond acceptors (Lipinski definition) is 4. The zero-order valence-electron chi connectivity index (χ0n) is 11.8. The number of nitrogens with zero attached hydrogens (tertiary/aromatic N) is 2. The monoisotopic (exact) mass is 312 g/mol. The van der Waals surface area contributed by atoms with Crippen LogP contribution in [0.5, 0.6) is 0 Å². The lowest BCUT2D eigenvalue weighted by Gasteiger charge is -2.20. The summed E-state index contributed by atoms with van der Waals surface area (Å²) in [5.41, 5.74) is 1.67. The van der Waals surface area contributed by atoms with Crippen LogP contribution in [-0.4, -0.2) is 22.5 Å². The molecule has 0 aromatic carbocycles. The Morgan fingerprint density at radius 3 is 2.70 bits per heavy atom. The maximum Gasteiger partial charge on any atom is 0.227 e. The second kappa shape index (κ2) is 6.41. The summed E-state index contributed by atoms with van der Waals surface area (Å²) in [7, 11) is 0. The fourth-order valence-electron chi connectivity index (χ4n) is 2.02. The molecule has 2 aromatic heterocycles. The summed E-state index contributed by atoms with van der Waals surface area (Å²) in [5, 5.41) is 3.88. The van der Waals surface area contributed by atoms with E-state index in [2.05, 4.69) is 5.16 Å². The highest BCUT2D eigenvalue weighted by atomic mass is 35.5. The van der Waals surface area contributed by atoms with Crippen molar-refractivity contribution in [3.05, 3.63) is 38.4 Å². The third kappa shape index (κ3) is 3.41. The van der Waals surface area contributed by atoms with Crippen LogP contribution >= 0.6 is 22.9 Å². The first-order valence-electron chi connectivity index (χ1n) is 6.45. The molecule has 2 heterocycles. The SMILES string of the molecule is CCN(Cc1ccc(Cl)s1)C(=O)Cc1c(C)noc1C. The second-order valence-electron chi connectivity index (χ2n) is 4.59. The van der Waals surface area contributed by atoms with Gasteiger partial charge in [-0.05, 0) is 32.9 Å². The largest absolute Gasteiger partial charge is 0.361 e. The minimum atomic E-state index is 0.0754. The number of carbonyl (C=O) groups excluding carboxylic acids is 1. The first-order valence-corrected chi connectivity index (χ1v) is 7.64. The van der Waals surface area contributed by atoms with Gasteiger partial charge in [0, 0.05) is 17.0 Å². The summed E-state index contributed by atoms with van der Waals surface area (Å²) >= 11 is 7.42.